The van der Waals surface area contributed by atoms with E-state index in [4.69, 9.17) is 0 Å². The lowest BCUT2D eigenvalue weighted by Gasteiger charge is -2.00. The van der Waals surface area contributed by atoms with Crippen molar-refractivity contribution < 1.29 is 4.79 Å². The van der Waals surface area contributed by atoms with Gasteiger partial charge in [0.15, 0.2) is 5.78 Å². The van der Waals surface area contributed by atoms with Crippen LogP contribution in [0.4, 0.5) is 0 Å². The van der Waals surface area contributed by atoms with Crippen molar-refractivity contribution in [2.24, 2.45) is 11.8 Å². The van der Waals surface area contributed by atoms with Gasteiger partial charge in [-0.15, -0.1) is 0 Å². The average Bonchev–Trinajstić information content (AvgIpc) is 3.23. The highest BCUT2D eigenvalue weighted by Crippen LogP contribution is 2.57. The maximum Gasteiger partial charge on any atom is 0.166 e. The second-order valence-electron chi connectivity index (χ2n) is 5.65. The largest absolute Gasteiger partial charge is 0.294 e. The van der Waals surface area contributed by atoms with Gasteiger partial charge in [0.25, 0.3) is 0 Å². The SMILES string of the molecule is CCC[C@@H]1[C@H](C(=O)c2ccccc2)[C@H]1c1ccccc1. The molecule has 0 unspecified atom stereocenters. The zero-order chi connectivity index (χ0) is 13.9. The Hall–Kier alpha value is -1.89. The molecule has 2 aromatic carbocycles. The monoisotopic (exact) mass is 264 g/mol. The summed E-state index contributed by atoms with van der Waals surface area (Å²) >= 11 is 0. The molecule has 0 aliphatic heterocycles. The van der Waals surface area contributed by atoms with E-state index < -0.39 is 0 Å². The molecule has 0 amide bonds. The number of hydrogen-bond acceptors (Lipinski definition) is 1. The summed E-state index contributed by atoms with van der Waals surface area (Å²) in [6.45, 7) is 2.20. The van der Waals surface area contributed by atoms with Crippen molar-refractivity contribution in [2.75, 3.05) is 0 Å². The van der Waals surface area contributed by atoms with Crippen molar-refractivity contribution in [1.82, 2.24) is 0 Å². The summed E-state index contributed by atoms with van der Waals surface area (Å²) in [7, 11) is 0. The van der Waals surface area contributed by atoms with E-state index >= 15 is 0 Å². The summed E-state index contributed by atoms with van der Waals surface area (Å²) in [6.07, 6.45) is 2.29. The minimum absolute atomic E-state index is 0.180. The Kier molecular flexibility index (Phi) is 3.68. The Morgan fingerprint density at radius 3 is 2.15 bits per heavy atom. The molecule has 1 saturated carbocycles. The molecule has 2 aromatic rings. The van der Waals surface area contributed by atoms with Crippen LogP contribution in [0.3, 0.4) is 0 Å². The predicted molar refractivity (Wildman–Crippen MR) is 81.8 cm³/mol. The van der Waals surface area contributed by atoms with Gasteiger partial charge in [-0.2, -0.15) is 0 Å². The Labute approximate surface area is 120 Å². The van der Waals surface area contributed by atoms with Gasteiger partial charge in [-0.05, 0) is 23.8 Å². The summed E-state index contributed by atoms with van der Waals surface area (Å²) in [5, 5.41) is 0. The molecule has 0 N–H and O–H groups in total. The maximum atomic E-state index is 12.7. The lowest BCUT2D eigenvalue weighted by Crippen LogP contribution is -2.04. The van der Waals surface area contributed by atoms with Gasteiger partial charge < -0.3 is 0 Å². The van der Waals surface area contributed by atoms with Crippen molar-refractivity contribution in [1.29, 1.82) is 0 Å². The minimum atomic E-state index is 0.180. The van der Waals surface area contributed by atoms with Crippen molar-refractivity contribution in [3.8, 4) is 0 Å². The molecule has 102 valence electrons. The molecule has 0 spiro atoms. The number of rotatable bonds is 5. The molecule has 0 saturated heterocycles. The first-order chi connectivity index (χ1) is 9.83. The van der Waals surface area contributed by atoms with Gasteiger partial charge in [0.2, 0.25) is 0 Å². The van der Waals surface area contributed by atoms with Gasteiger partial charge in [-0.25, -0.2) is 0 Å². The van der Waals surface area contributed by atoms with Gasteiger partial charge in [0.05, 0.1) is 0 Å². The Morgan fingerprint density at radius 2 is 1.55 bits per heavy atom. The van der Waals surface area contributed by atoms with Crippen LogP contribution in [-0.2, 0) is 0 Å². The fourth-order valence-corrected chi connectivity index (χ4v) is 3.35. The standard InChI is InChI=1S/C19H20O/c1-2-9-16-17(14-10-5-3-6-11-14)18(16)19(20)15-12-7-4-8-13-15/h3-8,10-13,16-18H,2,9H2,1H3/t16-,17-,18-/m0/s1. The number of carbonyl (C=O) groups is 1. The highest BCUT2D eigenvalue weighted by Gasteiger charge is 2.54. The van der Waals surface area contributed by atoms with Gasteiger partial charge in [0.1, 0.15) is 0 Å². The Morgan fingerprint density at radius 1 is 0.950 bits per heavy atom. The van der Waals surface area contributed by atoms with E-state index in [0.29, 0.717) is 17.6 Å². The number of hydrogen-bond donors (Lipinski definition) is 0. The molecular weight excluding hydrogens is 244 g/mol. The number of benzene rings is 2. The van der Waals surface area contributed by atoms with Crippen LogP contribution in [0.5, 0.6) is 0 Å². The van der Waals surface area contributed by atoms with Crippen LogP contribution >= 0.6 is 0 Å². The molecule has 1 nitrogen and oxygen atoms in total. The first-order valence-corrected chi connectivity index (χ1v) is 7.47. The summed E-state index contributed by atoms with van der Waals surface area (Å²) in [5.74, 6) is 1.44. The quantitative estimate of drug-likeness (QED) is 0.715. The average molecular weight is 264 g/mol. The van der Waals surface area contributed by atoms with Crippen LogP contribution in [0, 0.1) is 11.8 Å². The number of carbonyl (C=O) groups excluding carboxylic acids is 1. The van der Waals surface area contributed by atoms with E-state index in [2.05, 4.69) is 31.2 Å². The number of ketones is 1. The molecule has 0 heterocycles. The highest BCUT2D eigenvalue weighted by atomic mass is 16.1. The Balaban J connectivity index is 1.83. The smallest absolute Gasteiger partial charge is 0.166 e. The lowest BCUT2D eigenvalue weighted by atomic mass is 10.0. The van der Waals surface area contributed by atoms with E-state index in [1.165, 1.54) is 5.56 Å². The number of Topliss-reactive ketones (excluding diaryl/α,β-unsaturated/α-hetero) is 1. The fraction of sp³-hybridized carbons (Fsp3) is 0.316. The molecule has 0 aromatic heterocycles. The molecule has 1 aliphatic rings. The third kappa shape index (κ3) is 2.40. The third-order valence-corrected chi connectivity index (χ3v) is 4.34. The van der Waals surface area contributed by atoms with Crippen LogP contribution < -0.4 is 0 Å². The highest BCUT2D eigenvalue weighted by molar-refractivity contribution is 6.00. The maximum absolute atomic E-state index is 12.7. The molecular formula is C19H20O. The van der Waals surface area contributed by atoms with Crippen LogP contribution in [0.15, 0.2) is 60.7 Å². The molecule has 3 atom stereocenters. The van der Waals surface area contributed by atoms with E-state index in [1.54, 1.807) is 0 Å². The van der Waals surface area contributed by atoms with E-state index in [0.717, 1.165) is 18.4 Å². The fourth-order valence-electron chi connectivity index (χ4n) is 3.35. The molecule has 20 heavy (non-hydrogen) atoms. The van der Waals surface area contributed by atoms with Crippen molar-refractivity contribution >= 4 is 5.78 Å². The molecule has 1 aliphatic carbocycles. The van der Waals surface area contributed by atoms with Gasteiger partial charge in [-0.1, -0.05) is 74.0 Å². The minimum Gasteiger partial charge on any atom is -0.294 e. The second kappa shape index (κ2) is 5.62. The summed E-state index contributed by atoms with van der Waals surface area (Å²) in [4.78, 5) is 12.7. The molecule has 0 bridgehead atoms. The van der Waals surface area contributed by atoms with Crippen molar-refractivity contribution in [2.45, 2.75) is 25.7 Å². The van der Waals surface area contributed by atoms with E-state index in [9.17, 15) is 4.79 Å². The molecule has 1 fully saturated rings. The normalized spacial score (nSPS) is 24.4. The zero-order valence-electron chi connectivity index (χ0n) is 11.8. The van der Waals surface area contributed by atoms with E-state index in [-0.39, 0.29) is 5.92 Å². The first-order valence-electron chi connectivity index (χ1n) is 7.47. The Bertz CT molecular complexity index is 573. The lowest BCUT2D eigenvalue weighted by molar-refractivity contribution is 0.0958. The molecule has 3 rings (SSSR count). The molecule has 1 heteroatoms. The predicted octanol–water partition coefficient (Wildman–Crippen LogP) is 4.70. The second-order valence-corrected chi connectivity index (χ2v) is 5.65. The van der Waals surface area contributed by atoms with Gasteiger partial charge in [-0.3, -0.25) is 4.79 Å². The summed E-state index contributed by atoms with van der Waals surface area (Å²) in [5.41, 5.74) is 2.18. The zero-order valence-corrected chi connectivity index (χ0v) is 11.8. The van der Waals surface area contributed by atoms with Gasteiger partial charge in [0, 0.05) is 11.5 Å². The first kappa shape index (κ1) is 13.1. The molecule has 0 radical (unpaired) electrons. The summed E-state index contributed by atoms with van der Waals surface area (Å²) in [6, 6.07) is 20.2. The third-order valence-electron chi connectivity index (χ3n) is 4.34. The van der Waals surface area contributed by atoms with Crippen LogP contribution in [-0.4, -0.2) is 5.78 Å². The van der Waals surface area contributed by atoms with E-state index in [1.807, 2.05) is 36.4 Å². The van der Waals surface area contributed by atoms with Crippen LogP contribution in [0.25, 0.3) is 0 Å². The van der Waals surface area contributed by atoms with Gasteiger partial charge >= 0.3 is 0 Å². The van der Waals surface area contributed by atoms with Crippen LogP contribution in [0.1, 0.15) is 41.6 Å². The van der Waals surface area contributed by atoms with Crippen LogP contribution in [0.2, 0.25) is 0 Å². The summed E-state index contributed by atoms with van der Waals surface area (Å²) < 4.78 is 0. The topological polar surface area (TPSA) is 17.1 Å². The van der Waals surface area contributed by atoms with Crippen molar-refractivity contribution in [3.63, 3.8) is 0 Å². The van der Waals surface area contributed by atoms with Crippen molar-refractivity contribution in [3.05, 3.63) is 71.8 Å².